The topological polar surface area (TPSA) is 89.0 Å². The highest BCUT2D eigenvalue weighted by molar-refractivity contribution is 7.93. The summed E-state index contributed by atoms with van der Waals surface area (Å²) in [6.45, 7) is 1.14. The molecule has 0 aromatic heterocycles. The molecule has 142 valence electrons. The largest absolute Gasteiger partial charge is 0.492 e. The first kappa shape index (κ1) is 17.7. The molecule has 2 aromatic rings. The van der Waals surface area contributed by atoms with Gasteiger partial charge >= 0.3 is 0 Å². The van der Waals surface area contributed by atoms with Crippen molar-refractivity contribution in [3.8, 4) is 5.75 Å². The molecule has 0 saturated heterocycles. The number of para-hydroxylation sites is 1. The molecule has 2 aliphatic rings. The second-order valence-corrected chi connectivity index (χ2v) is 8.40. The highest BCUT2D eigenvalue weighted by Crippen LogP contribution is 2.33. The van der Waals surface area contributed by atoms with Gasteiger partial charge in [-0.25, -0.2) is 13.4 Å². The van der Waals surface area contributed by atoms with Gasteiger partial charge in [-0.2, -0.15) is 0 Å². The molecule has 1 aliphatic heterocycles. The summed E-state index contributed by atoms with van der Waals surface area (Å²) >= 11 is 0. The molecule has 2 aromatic carbocycles. The van der Waals surface area contributed by atoms with E-state index in [1.54, 1.807) is 12.1 Å². The maximum absolute atomic E-state index is 12.2. The highest BCUT2D eigenvalue weighted by atomic mass is 32.2. The standard InChI is InChI=1S/C19H21N3O4S/c23-27(24,15-9-10-15)22-18-8-4-7-17-16(18)13-26-19(21-17)20-11-12-25-14-5-2-1-3-6-14/h1-8,15,22H,9-13H2,(H,20,21). The molecule has 0 amide bonds. The van der Waals surface area contributed by atoms with Crippen molar-refractivity contribution in [2.24, 2.45) is 4.99 Å². The maximum atomic E-state index is 12.2. The van der Waals surface area contributed by atoms with Crippen LogP contribution in [0.2, 0.25) is 0 Å². The van der Waals surface area contributed by atoms with Crippen LogP contribution in [0.4, 0.5) is 11.4 Å². The Hall–Kier alpha value is -2.74. The van der Waals surface area contributed by atoms with E-state index in [1.165, 1.54) is 0 Å². The van der Waals surface area contributed by atoms with Gasteiger partial charge in [-0.15, -0.1) is 0 Å². The molecule has 1 fully saturated rings. The third kappa shape index (κ3) is 4.33. The molecular weight excluding hydrogens is 366 g/mol. The molecular formula is C19H21N3O4S. The molecule has 2 N–H and O–H groups in total. The Morgan fingerprint density at radius 3 is 2.74 bits per heavy atom. The van der Waals surface area contributed by atoms with Gasteiger partial charge in [0.25, 0.3) is 6.02 Å². The van der Waals surface area contributed by atoms with Gasteiger partial charge in [-0.3, -0.25) is 4.72 Å². The summed E-state index contributed by atoms with van der Waals surface area (Å²) in [5.74, 6) is 0.799. The van der Waals surface area contributed by atoms with Crippen LogP contribution in [0.5, 0.6) is 5.75 Å². The van der Waals surface area contributed by atoms with Crippen LogP contribution in [0.1, 0.15) is 18.4 Å². The predicted octanol–water partition coefficient (Wildman–Crippen LogP) is 2.97. The van der Waals surface area contributed by atoms with Crippen LogP contribution < -0.4 is 14.8 Å². The molecule has 0 spiro atoms. The molecule has 27 heavy (non-hydrogen) atoms. The van der Waals surface area contributed by atoms with Crippen LogP contribution in [0.3, 0.4) is 0 Å². The SMILES string of the molecule is O=S(=O)(Nc1cccc2c1COC(=NCCOc1ccccc1)N2)C1CC1. The quantitative estimate of drug-likeness (QED) is 0.713. The number of benzene rings is 2. The van der Waals surface area contributed by atoms with E-state index >= 15 is 0 Å². The first-order valence-electron chi connectivity index (χ1n) is 8.87. The van der Waals surface area contributed by atoms with Crippen molar-refractivity contribution in [1.82, 2.24) is 0 Å². The number of hydrogen-bond acceptors (Lipinski definition) is 5. The minimum Gasteiger partial charge on any atom is -0.492 e. The lowest BCUT2D eigenvalue weighted by atomic mass is 10.1. The summed E-state index contributed by atoms with van der Waals surface area (Å²) in [6, 6.07) is 15.4. The predicted molar refractivity (Wildman–Crippen MR) is 105 cm³/mol. The first-order chi connectivity index (χ1) is 13.1. The van der Waals surface area contributed by atoms with E-state index in [-0.39, 0.29) is 11.9 Å². The van der Waals surface area contributed by atoms with E-state index in [2.05, 4.69) is 15.0 Å². The van der Waals surface area contributed by atoms with Crippen molar-refractivity contribution in [1.29, 1.82) is 0 Å². The second kappa shape index (κ2) is 7.48. The molecule has 1 saturated carbocycles. The number of anilines is 2. The number of ether oxygens (including phenoxy) is 2. The van der Waals surface area contributed by atoms with E-state index in [0.717, 1.165) is 29.8 Å². The smallest absolute Gasteiger partial charge is 0.289 e. The summed E-state index contributed by atoms with van der Waals surface area (Å²) in [7, 11) is -3.31. The number of nitrogens with one attached hydrogen (secondary N) is 2. The Balaban J connectivity index is 1.37. The number of rotatable bonds is 7. The molecule has 1 aliphatic carbocycles. The zero-order valence-electron chi connectivity index (χ0n) is 14.7. The van der Waals surface area contributed by atoms with Crippen LogP contribution in [-0.4, -0.2) is 32.8 Å². The fourth-order valence-electron chi connectivity index (χ4n) is 2.77. The summed E-state index contributed by atoms with van der Waals surface area (Å²) in [4.78, 5) is 4.36. The summed E-state index contributed by atoms with van der Waals surface area (Å²) < 4.78 is 38.3. The van der Waals surface area contributed by atoms with E-state index in [9.17, 15) is 8.42 Å². The molecule has 8 heteroatoms. The number of hydrogen-bond donors (Lipinski definition) is 2. The number of nitrogens with zero attached hydrogens (tertiary/aromatic N) is 1. The fraction of sp³-hybridized carbons (Fsp3) is 0.316. The third-order valence-electron chi connectivity index (χ3n) is 4.34. The average molecular weight is 387 g/mol. The van der Waals surface area contributed by atoms with Crippen molar-refractivity contribution in [2.45, 2.75) is 24.7 Å². The van der Waals surface area contributed by atoms with Crippen LogP contribution in [0.25, 0.3) is 0 Å². The van der Waals surface area contributed by atoms with E-state index in [0.29, 0.717) is 24.9 Å². The Morgan fingerprint density at radius 1 is 1.15 bits per heavy atom. The van der Waals surface area contributed by atoms with E-state index in [1.807, 2.05) is 36.4 Å². The zero-order valence-corrected chi connectivity index (χ0v) is 15.5. The molecule has 4 rings (SSSR count). The van der Waals surface area contributed by atoms with Gasteiger partial charge in [0.15, 0.2) is 0 Å². The van der Waals surface area contributed by atoms with E-state index < -0.39 is 10.0 Å². The maximum Gasteiger partial charge on any atom is 0.289 e. The van der Waals surface area contributed by atoms with Crippen LogP contribution in [0, 0.1) is 0 Å². The van der Waals surface area contributed by atoms with Crippen LogP contribution in [0.15, 0.2) is 53.5 Å². The van der Waals surface area contributed by atoms with Gasteiger partial charge < -0.3 is 14.8 Å². The lowest BCUT2D eigenvalue weighted by Gasteiger charge is -2.23. The average Bonchev–Trinajstić information content (AvgIpc) is 3.52. The van der Waals surface area contributed by atoms with Gasteiger partial charge in [0.2, 0.25) is 10.0 Å². The summed E-state index contributed by atoms with van der Waals surface area (Å²) in [6.07, 6.45) is 1.45. The van der Waals surface area contributed by atoms with E-state index in [4.69, 9.17) is 9.47 Å². The Morgan fingerprint density at radius 2 is 1.96 bits per heavy atom. The number of aliphatic imine (C=N–C) groups is 1. The first-order valence-corrected chi connectivity index (χ1v) is 10.4. The molecule has 0 bridgehead atoms. The van der Waals surface area contributed by atoms with Gasteiger partial charge in [0.05, 0.1) is 23.2 Å². The molecule has 1 heterocycles. The van der Waals surface area contributed by atoms with Crippen molar-refractivity contribution in [3.05, 3.63) is 54.1 Å². The lowest BCUT2D eigenvalue weighted by Crippen LogP contribution is -2.25. The molecule has 0 atom stereocenters. The minimum absolute atomic E-state index is 0.254. The van der Waals surface area contributed by atoms with Crippen LogP contribution >= 0.6 is 0 Å². The number of fused-ring (bicyclic) bond motifs is 1. The van der Waals surface area contributed by atoms with Gasteiger partial charge in [-0.05, 0) is 37.1 Å². The van der Waals surface area contributed by atoms with Gasteiger partial charge in [-0.1, -0.05) is 24.3 Å². The second-order valence-electron chi connectivity index (χ2n) is 6.44. The van der Waals surface area contributed by atoms with Gasteiger partial charge in [0, 0.05) is 5.56 Å². The van der Waals surface area contributed by atoms with Crippen LogP contribution in [-0.2, 0) is 21.4 Å². The minimum atomic E-state index is -3.31. The van der Waals surface area contributed by atoms with Crippen molar-refractivity contribution >= 4 is 27.4 Å². The zero-order chi connectivity index (χ0) is 18.7. The summed E-state index contributed by atoms with van der Waals surface area (Å²) in [5.41, 5.74) is 2.12. The summed E-state index contributed by atoms with van der Waals surface area (Å²) in [5, 5.41) is 2.83. The Bertz CT molecular complexity index is 941. The Kier molecular flexibility index (Phi) is 4.89. The molecule has 0 unspecified atom stereocenters. The Labute approximate surface area is 158 Å². The number of sulfonamides is 1. The van der Waals surface area contributed by atoms with Crippen molar-refractivity contribution < 1.29 is 17.9 Å². The lowest BCUT2D eigenvalue weighted by molar-refractivity contribution is 0.281. The normalized spacial score (nSPS) is 17.6. The molecule has 0 radical (unpaired) electrons. The van der Waals surface area contributed by atoms with Crippen molar-refractivity contribution in [3.63, 3.8) is 0 Å². The molecule has 7 nitrogen and oxygen atoms in total. The van der Waals surface area contributed by atoms with Gasteiger partial charge in [0.1, 0.15) is 19.0 Å². The van der Waals surface area contributed by atoms with Crippen molar-refractivity contribution in [2.75, 3.05) is 23.2 Å². The third-order valence-corrected chi connectivity index (χ3v) is 6.20. The fourth-order valence-corrected chi connectivity index (χ4v) is 4.20. The number of amidine groups is 1. The monoisotopic (exact) mass is 387 g/mol. The highest BCUT2D eigenvalue weighted by Gasteiger charge is 2.36.